The Morgan fingerprint density at radius 3 is 2.78 bits per heavy atom. The van der Waals surface area contributed by atoms with Gasteiger partial charge < -0.3 is 9.84 Å². The minimum Gasteiger partial charge on any atom is -0.467 e. The first kappa shape index (κ1) is 12.1. The van der Waals surface area contributed by atoms with Gasteiger partial charge >= 0.3 is 12.1 Å². The van der Waals surface area contributed by atoms with Crippen LogP contribution in [0.2, 0.25) is 0 Å². The number of esters is 1. The number of fused-ring (bicyclic) bond motifs is 1. The number of ether oxygens (including phenoxy) is 1. The van der Waals surface area contributed by atoms with Crippen molar-refractivity contribution in [1.29, 1.82) is 0 Å². The van der Waals surface area contributed by atoms with Crippen LogP contribution in [0, 0.1) is 0 Å². The van der Waals surface area contributed by atoms with Gasteiger partial charge in [-0.25, -0.2) is 9.59 Å². The highest BCUT2D eigenvalue weighted by Crippen LogP contribution is 2.30. The molecule has 1 aliphatic rings. The predicted molar refractivity (Wildman–Crippen MR) is 57.0 cm³/mol. The number of methoxy groups -OCH3 is 1. The molecule has 1 aliphatic heterocycles. The first-order valence-electron chi connectivity index (χ1n) is 5.09. The molecule has 1 amide bonds. The Hall–Kier alpha value is -2.38. The van der Waals surface area contributed by atoms with Crippen molar-refractivity contribution >= 4 is 17.8 Å². The molecule has 1 unspecified atom stereocenters. The van der Waals surface area contributed by atoms with Crippen molar-refractivity contribution < 1.29 is 24.2 Å². The van der Waals surface area contributed by atoms with E-state index < -0.39 is 18.1 Å². The average Bonchev–Trinajstić information content (AvgIpc) is 2.71. The van der Waals surface area contributed by atoms with Crippen molar-refractivity contribution in [3.63, 3.8) is 0 Å². The first-order valence-corrected chi connectivity index (χ1v) is 5.09. The molecular weight excluding hydrogens is 242 g/mol. The zero-order chi connectivity index (χ0) is 13.4. The number of carbonyl (C=O) groups is 3. The lowest BCUT2D eigenvalue weighted by atomic mass is 9.99. The molecule has 1 aromatic rings. The fraction of sp³-hybridized carbons (Fsp3) is 0.400. The van der Waals surface area contributed by atoms with Gasteiger partial charge in [-0.3, -0.25) is 14.4 Å². The number of ketones is 1. The van der Waals surface area contributed by atoms with Crippen LogP contribution in [0.25, 0.3) is 0 Å². The van der Waals surface area contributed by atoms with E-state index in [0.717, 1.165) is 12.0 Å². The molecule has 1 N–H and O–H groups in total. The Morgan fingerprint density at radius 1 is 1.56 bits per heavy atom. The van der Waals surface area contributed by atoms with Gasteiger partial charge in [0.05, 0.1) is 31.1 Å². The largest absolute Gasteiger partial charge is 0.467 e. The molecule has 2 heterocycles. The maximum atomic E-state index is 11.8. The van der Waals surface area contributed by atoms with Gasteiger partial charge in [-0.1, -0.05) is 0 Å². The number of Topliss-reactive ketones (excluding diaryl/α,β-unsaturated/α-hetero) is 1. The van der Waals surface area contributed by atoms with Crippen molar-refractivity contribution in [2.75, 3.05) is 13.7 Å². The number of nitrogens with zero attached hydrogens (tertiary/aromatic N) is 3. The van der Waals surface area contributed by atoms with Crippen LogP contribution in [-0.2, 0) is 16.6 Å². The van der Waals surface area contributed by atoms with E-state index in [0.29, 0.717) is 0 Å². The molecule has 0 aliphatic carbocycles. The molecule has 96 valence electrons. The van der Waals surface area contributed by atoms with E-state index in [9.17, 15) is 14.4 Å². The quantitative estimate of drug-likeness (QED) is 0.696. The molecule has 0 radical (unpaired) electrons. The number of rotatable bonds is 1. The SMILES string of the molecule is COC(=O)C1c2c(cnn2C)C(=O)CN1C(=O)O. The first-order chi connectivity index (χ1) is 8.47. The Balaban J connectivity index is 2.58. The second-order valence-electron chi connectivity index (χ2n) is 3.83. The minimum absolute atomic E-state index is 0.237. The van der Waals surface area contributed by atoms with E-state index in [1.54, 1.807) is 0 Å². The van der Waals surface area contributed by atoms with Gasteiger partial charge in [0.25, 0.3) is 0 Å². The van der Waals surface area contributed by atoms with Gasteiger partial charge in [0.1, 0.15) is 0 Å². The van der Waals surface area contributed by atoms with Gasteiger partial charge in [-0.15, -0.1) is 0 Å². The van der Waals surface area contributed by atoms with Crippen molar-refractivity contribution in [2.45, 2.75) is 6.04 Å². The number of carbonyl (C=O) groups excluding carboxylic acids is 2. The summed E-state index contributed by atoms with van der Waals surface area (Å²) in [6.07, 6.45) is -0.0297. The number of aryl methyl sites for hydroxylation is 1. The zero-order valence-electron chi connectivity index (χ0n) is 9.78. The predicted octanol–water partition coefficient (Wildman–Crippen LogP) is -0.189. The van der Waals surface area contributed by atoms with Gasteiger partial charge in [-0.2, -0.15) is 5.10 Å². The van der Waals surface area contributed by atoms with E-state index >= 15 is 0 Å². The molecule has 0 bridgehead atoms. The highest BCUT2D eigenvalue weighted by atomic mass is 16.5. The fourth-order valence-electron chi connectivity index (χ4n) is 1.99. The third-order valence-corrected chi connectivity index (χ3v) is 2.84. The van der Waals surface area contributed by atoms with Gasteiger partial charge in [0, 0.05) is 7.05 Å². The molecule has 8 heteroatoms. The summed E-state index contributed by atoms with van der Waals surface area (Å²) in [7, 11) is 2.70. The normalized spacial score (nSPS) is 18.4. The van der Waals surface area contributed by atoms with Crippen molar-refractivity contribution in [3.05, 3.63) is 17.5 Å². The number of hydrogen-bond donors (Lipinski definition) is 1. The highest BCUT2D eigenvalue weighted by Gasteiger charge is 2.42. The van der Waals surface area contributed by atoms with E-state index in [4.69, 9.17) is 5.11 Å². The van der Waals surface area contributed by atoms with E-state index in [-0.39, 0.29) is 23.6 Å². The highest BCUT2D eigenvalue weighted by molar-refractivity contribution is 6.03. The van der Waals surface area contributed by atoms with Crippen LogP contribution in [0.1, 0.15) is 22.1 Å². The lowest BCUT2D eigenvalue weighted by Crippen LogP contribution is -2.46. The summed E-state index contributed by atoms with van der Waals surface area (Å²) in [5.74, 6) is -1.13. The molecular formula is C10H11N3O5. The standard InChI is InChI=1S/C10H11N3O5/c1-12-7-5(3-11-12)6(14)4-13(10(16)17)8(7)9(15)18-2/h3,8H,4H2,1-2H3,(H,16,17). The van der Waals surface area contributed by atoms with Crippen LogP contribution in [0.15, 0.2) is 6.20 Å². The van der Waals surface area contributed by atoms with E-state index in [2.05, 4.69) is 9.84 Å². The Labute approximate surface area is 102 Å². The molecule has 18 heavy (non-hydrogen) atoms. The van der Waals surface area contributed by atoms with Crippen LogP contribution in [0.4, 0.5) is 4.79 Å². The number of hydrogen-bond acceptors (Lipinski definition) is 5. The number of aromatic nitrogens is 2. The summed E-state index contributed by atoms with van der Waals surface area (Å²) in [5, 5.41) is 12.9. The monoisotopic (exact) mass is 253 g/mol. The van der Waals surface area contributed by atoms with E-state index in [1.807, 2.05) is 0 Å². The summed E-state index contributed by atoms with van der Waals surface area (Å²) in [4.78, 5) is 35.3. The Bertz CT molecular complexity index is 536. The molecule has 0 saturated heterocycles. The average molecular weight is 253 g/mol. The van der Waals surface area contributed by atoms with Gasteiger partial charge in [-0.05, 0) is 0 Å². The maximum Gasteiger partial charge on any atom is 0.408 e. The topological polar surface area (TPSA) is 102 Å². The van der Waals surface area contributed by atoms with Gasteiger partial charge in [0.2, 0.25) is 0 Å². The number of carboxylic acid groups (broad SMARTS) is 1. The molecule has 1 atom stereocenters. The molecule has 0 aromatic carbocycles. The Kier molecular flexibility index (Phi) is 2.77. The number of amides is 1. The van der Waals surface area contributed by atoms with Gasteiger partial charge in [0.15, 0.2) is 11.8 Å². The van der Waals surface area contributed by atoms with Crippen LogP contribution in [0.3, 0.4) is 0 Å². The second kappa shape index (κ2) is 4.13. The molecule has 8 nitrogen and oxygen atoms in total. The van der Waals surface area contributed by atoms with Crippen molar-refractivity contribution in [1.82, 2.24) is 14.7 Å². The zero-order valence-corrected chi connectivity index (χ0v) is 9.78. The van der Waals surface area contributed by atoms with Crippen LogP contribution >= 0.6 is 0 Å². The molecule has 1 aromatic heterocycles. The lowest BCUT2D eigenvalue weighted by Gasteiger charge is -2.30. The second-order valence-corrected chi connectivity index (χ2v) is 3.83. The third kappa shape index (κ3) is 1.62. The van der Waals surface area contributed by atoms with Crippen molar-refractivity contribution in [2.24, 2.45) is 7.05 Å². The van der Waals surface area contributed by atoms with Crippen LogP contribution in [-0.4, -0.2) is 51.3 Å². The lowest BCUT2D eigenvalue weighted by molar-refractivity contribution is -0.146. The molecule has 0 fully saturated rings. The smallest absolute Gasteiger partial charge is 0.408 e. The van der Waals surface area contributed by atoms with Crippen LogP contribution < -0.4 is 0 Å². The summed E-state index contributed by atoms with van der Waals surface area (Å²) in [6.45, 7) is -0.381. The Morgan fingerprint density at radius 2 is 2.22 bits per heavy atom. The third-order valence-electron chi connectivity index (χ3n) is 2.84. The fourth-order valence-corrected chi connectivity index (χ4v) is 1.99. The van der Waals surface area contributed by atoms with E-state index in [1.165, 1.54) is 17.9 Å². The molecule has 0 saturated carbocycles. The molecule has 2 rings (SSSR count). The van der Waals surface area contributed by atoms with Crippen molar-refractivity contribution in [3.8, 4) is 0 Å². The minimum atomic E-state index is -1.36. The van der Waals surface area contributed by atoms with Crippen LogP contribution in [0.5, 0.6) is 0 Å². The maximum absolute atomic E-state index is 11.8. The summed E-state index contributed by atoms with van der Waals surface area (Å²) >= 11 is 0. The summed E-state index contributed by atoms with van der Waals surface area (Å²) < 4.78 is 5.90. The molecule has 0 spiro atoms. The summed E-state index contributed by atoms with van der Waals surface area (Å²) in [5.41, 5.74) is 0.492. The summed E-state index contributed by atoms with van der Waals surface area (Å²) in [6, 6.07) is -1.16.